The zero-order valence-electron chi connectivity index (χ0n) is 18.7. The summed E-state index contributed by atoms with van der Waals surface area (Å²) in [4.78, 5) is 25.9. The van der Waals surface area contributed by atoms with Gasteiger partial charge in [-0.05, 0) is 24.3 Å². The number of nitrogens with zero attached hydrogens (tertiary/aromatic N) is 4. The van der Waals surface area contributed by atoms with Crippen molar-refractivity contribution in [2.75, 3.05) is 61.3 Å². The number of aromatic nitrogens is 2. The number of methoxy groups -OCH3 is 2. The molecule has 33 heavy (non-hydrogen) atoms. The van der Waals surface area contributed by atoms with Crippen molar-refractivity contribution in [3.63, 3.8) is 0 Å². The molecule has 1 fully saturated rings. The Kier molecular flexibility index (Phi) is 7.51. The molecule has 1 aliphatic heterocycles. The van der Waals surface area contributed by atoms with Crippen molar-refractivity contribution in [1.29, 1.82) is 0 Å². The highest BCUT2D eigenvalue weighted by molar-refractivity contribution is 7.99. The van der Waals surface area contributed by atoms with E-state index in [0.717, 1.165) is 37.0 Å². The van der Waals surface area contributed by atoms with Crippen LogP contribution in [0.5, 0.6) is 11.5 Å². The molecule has 8 nitrogen and oxygen atoms in total. The number of carbonyl (C=O) groups excluding carboxylic acids is 1. The number of benzene rings is 2. The van der Waals surface area contributed by atoms with E-state index in [0.29, 0.717) is 17.2 Å². The van der Waals surface area contributed by atoms with Gasteiger partial charge in [0.05, 0.1) is 25.7 Å². The number of carbonyl (C=O) groups is 1. The third kappa shape index (κ3) is 5.87. The van der Waals surface area contributed by atoms with Crippen molar-refractivity contribution in [3.05, 3.63) is 60.9 Å². The van der Waals surface area contributed by atoms with E-state index in [2.05, 4.69) is 49.4 Å². The van der Waals surface area contributed by atoms with Gasteiger partial charge in [-0.3, -0.25) is 4.79 Å². The molecular weight excluding hydrogens is 438 g/mol. The Morgan fingerprint density at radius 3 is 2.45 bits per heavy atom. The van der Waals surface area contributed by atoms with E-state index >= 15 is 0 Å². The fourth-order valence-corrected chi connectivity index (χ4v) is 4.31. The van der Waals surface area contributed by atoms with E-state index in [1.807, 2.05) is 12.1 Å². The van der Waals surface area contributed by atoms with E-state index in [1.54, 1.807) is 38.7 Å². The molecule has 1 aliphatic rings. The molecule has 0 spiro atoms. The summed E-state index contributed by atoms with van der Waals surface area (Å²) in [5.74, 6) is 2.18. The van der Waals surface area contributed by atoms with Crippen molar-refractivity contribution in [2.45, 2.75) is 5.03 Å². The first-order chi connectivity index (χ1) is 16.2. The molecule has 1 amide bonds. The number of anilines is 3. The number of nitrogens with one attached hydrogen (secondary N) is 1. The lowest BCUT2D eigenvalue weighted by molar-refractivity contribution is -0.113. The lowest BCUT2D eigenvalue weighted by atomic mass is 10.2. The molecule has 2 heterocycles. The highest BCUT2D eigenvalue weighted by Crippen LogP contribution is 2.29. The predicted molar refractivity (Wildman–Crippen MR) is 132 cm³/mol. The fourth-order valence-electron chi connectivity index (χ4n) is 3.65. The highest BCUT2D eigenvalue weighted by atomic mass is 32.2. The number of rotatable bonds is 8. The van der Waals surface area contributed by atoms with Crippen molar-refractivity contribution in [3.8, 4) is 11.5 Å². The summed E-state index contributed by atoms with van der Waals surface area (Å²) in [6.45, 7) is 3.63. The molecule has 1 saturated heterocycles. The van der Waals surface area contributed by atoms with Crippen LogP contribution in [-0.2, 0) is 4.79 Å². The van der Waals surface area contributed by atoms with E-state index < -0.39 is 0 Å². The first kappa shape index (κ1) is 22.7. The lowest BCUT2D eigenvalue weighted by Crippen LogP contribution is -2.46. The molecule has 0 saturated carbocycles. The smallest absolute Gasteiger partial charge is 0.234 e. The Labute approximate surface area is 197 Å². The topological polar surface area (TPSA) is 79.8 Å². The van der Waals surface area contributed by atoms with Crippen LogP contribution >= 0.6 is 11.8 Å². The predicted octanol–water partition coefficient (Wildman–Crippen LogP) is 3.55. The van der Waals surface area contributed by atoms with E-state index in [1.165, 1.54) is 17.4 Å². The maximum atomic E-state index is 12.5. The number of hydrogen-bond acceptors (Lipinski definition) is 8. The van der Waals surface area contributed by atoms with Gasteiger partial charge in [0.2, 0.25) is 5.91 Å². The van der Waals surface area contributed by atoms with Gasteiger partial charge in [0.1, 0.15) is 28.7 Å². The molecule has 2 aromatic carbocycles. The second kappa shape index (κ2) is 10.9. The van der Waals surface area contributed by atoms with Crippen LogP contribution in [0.1, 0.15) is 0 Å². The summed E-state index contributed by atoms with van der Waals surface area (Å²) in [7, 11) is 3.14. The molecule has 0 bridgehead atoms. The zero-order chi connectivity index (χ0) is 23.0. The Hall–Kier alpha value is -3.46. The van der Waals surface area contributed by atoms with Gasteiger partial charge < -0.3 is 24.6 Å². The number of ether oxygens (including phenoxy) is 2. The number of hydrogen-bond donors (Lipinski definition) is 1. The minimum absolute atomic E-state index is 0.150. The van der Waals surface area contributed by atoms with Crippen molar-refractivity contribution >= 4 is 34.9 Å². The Balaban J connectivity index is 1.32. The maximum absolute atomic E-state index is 12.5. The van der Waals surface area contributed by atoms with Gasteiger partial charge in [-0.25, -0.2) is 9.97 Å². The van der Waals surface area contributed by atoms with Crippen LogP contribution in [0, 0.1) is 0 Å². The summed E-state index contributed by atoms with van der Waals surface area (Å²) in [5.41, 5.74) is 1.82. The molecular formula is C24H27N5O3S. The second-order valence-electron chi connectivity index (χ2n) is 7.43. The Morgan fingerprint density at radius 2 is 1.73 bits per heavy atom. The second-order valence-corrected chi connectivity index (χ2v) is 8.42. The van der Waals surface area contributed by atoms with Crippen LogP contribution in [0.2, 0.25) is 0 Å². The molecule has 4 rings (SSSR count). The molecule has 0 radical (unpaired) electrons. The van der Waals surface area contributed by atoms with Crippen molar-refractivity contribution in [2.24, 2.45) is 0 Å². The summed E-state index contributed by atoms with van der Waals surface area (Å²) in [6.07, 6.45) is 1.56. The first-order valence-corrected chi connectivity index (χ1v) is 11.7. The zero-order valence-corrected chi connectivity index (χ0v) is 19.5. The van der Waals surface area contributed by atoms with Gasteiger partial charge in [0.25, 0.3) is 0 Å². The molecule has 0 aliphatic carbocycles. The van der Waals surface area contributed by atoms with Gasteiger partial charge in [0, 0.05) is 44.0 Å². The SMILES string of the molecule is COc1ccc(OC)c(NC(=O)CSc2cc(N3CCN(c4ccccc4)CC3)ncn2)c1. The largest absolute Gasteiger partial charge is 0.497 e. The average Bonchev–Trinajstić information content (AvgIpc) is 2.88. The van der Waals surface area contributed by atoms with Gasteiger partial charge in [-0.15, -0.1) is 0 Å². The van der Waals surface area contributed by atoms with Crippen LogP contribution in [0.4, 0.5) is 17.2 Å². The minimum Gasteiger partial charge on any atom is -0.497 e. The lowest BCUT2D eigenvalue weighted by Gasteiger charge is -2.36. The van der Waals surface area contributed by atoms with E-state index in [4.69, 9.17) is 9.47 Å². The fraction of sp³-hybridized carbons (Fsp3) is 0.292. The van der Waals surface area contributed by atoms with Crippen LogP contribution in [-0.4, -0.2) is 62.0 Å². The molecule has 172 valence electrons. The third-order valence-corrected chi connectivity index (χ3v) is 6.31. The van der Waals surface area contributed by atoms with Crippen LogP contribution in [0.25, 0.3) is 0 Å². The highest BCUT2D eigenvalue weighted by Gasteiger charge is 2.19. The number of amides is 1. The molecule has 0 unspecified atom stereocenters. The van der Waals surface area contributed by atoms with Crippen LogP contribution in [0.3, 0.4) is 0 Å². The minimum atomic E-state index is -0.150. The van der Waals surface area contributed by atoms with E-state index in [9.17, 15) is 4.79 Å². The normalized spacial score (nSPS) is 13.5. The van der Waals surface area contributed by atoms with Crippen LogP contribution in [0.15, 0.2) is 66.0 Å². The molecule has 3 aromatic rings. The van der Waals surface area contributed by atoms with Gasteiger partial charge in [-0.2, -0.15) is 0 Å². The third-order valence-electron chi connectivity index (χ3n) is 5.38. The summed E-state index contributed by atoms with van der Waals surface area (Å²) in [5, 5.41) is 3.64. The van der Waals surface area contributed by atoms with Gasteiger partial charge in [0.15, 0.2) is 0 Å². The molecule has 9 heteroatoms. The molecule has 1 aromatic heterocycles. The van der Waals surface area contributed by atoms with Crippen molar-refractivity contribution in [1.82, 2.24) is 9.97 Å². The van der Waals surface area contributed by atoms with Crippen molar-refractivity contribution < 1.29 is 14.3 Å². The van der Waals surface area contributed by atoms with Gasteiger partial charge >= 0.3 is 0 Å². The van der Waals surface area contributed by atoms with Gasteiger partial charge in [-0.1, -0.05) is 30.0 Å². The first-order valence-electron chi connectivity index (χ1n) is 10.7. The number of para-hydroxylation sites is 1. The Morgan fingerprint density at radius 1 is 0.970 bits per heavy atom. The summed E-state index contributed by atoms with van der Waals surface area (Å²) in [6, 6.07) is 17.7. The molecule has 1 N–H and O–H groups in total. The van der Waals surface area contributed by atoms with E-state index in [-0.39, 0.29) is 11.7 Å². The average molecular weight is 466 g/mol. The summed E-state index contributed by atoms with van der Waals surface area (Å²) >= 11 is 1.37. The molecule has 0 atom stereocenters. The van der Waals surface area contributed by atoms with Crippen LogP contribution < -0.4 is 24.6 Å². The Bertz CT molecular complexity index is 1070. The quantitative estimate of drug-likeness (QED) is 0.400. The standard InChI is InChI=1S/C24H27N5O3S/c1-31-19-8-9-21(32-2)20(14-19)27-23(30)16-33-24-15-22(25-17-26-24)29-12-10-28(11-13-29)18-6-4-3-5-7-18/h3-9,14-15,17H,10-13,16H2,1-2H3,(H,27,30). The monoisotopic (exact) mass is 465 g/mol. The maximum Gasteiger partial charge on any atom is 0.234 e. The number of piperazine rings is 1. The summed E-state index contributed by atoms with van der Waals surface area (Å²) < 4.78 is 10.6. The number of thioether (sulfide) groups is 1.